The van der Waals surface area contributed by atoms with Crippen molar-refractivity contribution in [2.75, 3.05) is 11.9 Å². The largest absolute Gasteiger partial charge is 0.416 e. The molecule has 1 atom stereocenters. The van der Waals surface area contributed by atoms with Gasteiger partial charge in [0.25, 0.3) is 0 Å². The number of para-hydroxylation sites is 1. The Morgan fingerprint density at radius 2 is 1.80 bits per heavy atom. The summed E-state index contributed by atoms with van der Waals surface area (Å²) in [6.07, 6.45) is -3.51. The molecule has 0 aliphatic carbocycles. The van der Waals surface area contributed by atoms with Crippen LogP contribution in [0.3, 0.4) is 0 Å². The lowest BCUT2D eigenvalue weighted by atomic mass is 9.87. The van der Waals surface area contributed by atoms with Crippen molar-refractivity contribution in [1.82, 2.24) is 0 Å². The Morgan fingerprint density at radius 3 is 2.60 bits per heavy atom. The summed E-state index contributed by atoms with van der Waals surface area (Å²) in [6, 6.07) is 13.6. The maximum atomic E-state index is 12.8. The lowest BCUT2D eigenvalue weighted by Gasteiger charge is -2.27. The molecule has 0 amide bonds. The van der Waals surface area contributed by atoms with Gasteiger partial charge in [0.05, 0.1) is 5.56 Å². The monoisotopic (exact) mass is 277 g/mol. The highest BCUT2D eigenvalue weighted by Gasteiger charge is 2.31. The van der Waals surface area contributed by atoms with Crippen LogP contribution in [0.15, 0.2) is 48.5 Å². The first-order chi connectivity index (χ1) is 9.54. The van der Waals surface area contributed by atoms with Gasteiger partial charge >= 0.3 is 6.18 Å². The van der Waals surface area contributed by atoms with Crippen LogP contribution in [0.4, 0.5) is 18.9 Å². The van der Waals surface area contributed by atoms with Gasteiger partial charge < -0.3 is 5.32 Å². The van der Waals surface area contributed by atoms with Crippen molar-refractivity contribution < 1.29 is 13.2 Å². The van der Waals surface area contributed by atoms with Gasteiger partial charge in [0.1, 0.15) is 0 Å². The zero-order valence-corrected chi connectivity index (χ0v) is 10.7. The Hall–Kier alpha value is -1.97. The summed E-state index contributed by atoms with van der Waals surface area (Å²) >= 11 is 0. The molecule has 1 aliphatic rings. The van der Waals surface area contributed by atoms with Crippen LogP contribution < -0.4 is 5.32 Å². The van der Waals surface area contributed by atoms with E-state index in [1.54, 1.807) is 6.07 Å². The van der Waals surface area contributed by atoms with Crippen LogP contribution >= 0.6 is 0 Å². The molecule has 0 saturated carbocycles. The molecule has 1 unspecified atom stereocenters. The molecule has 2 aromatic carbocycles. The van der Waals surface area contributed by atoms with Gasteiger partial charge in [0, 0.05) is 18.2 Å². The first kappa shape index (κ1) is 13.0. The summed E-state index contributed by atoms with van der Waals surface area (Å²) in [7, 11) is 0. The SMILES string of the molecule is FC(F)(F)c1cccc(C2CNc3ccccc3C2)c1. The van der Waals surface area contributed by atoms with Crippen LogP contribution in [-0.4, -0.2) is 6.54 Å². The first-order valence-corrected chi connectivity index (χ1v) is 6.53. The molecule has 0 radical (unpaired) electrons. The molecule has 0 aromatic heterocycles. The number of rotatable bonds is 1. The number of hydrogen-bond acceptors (Lipinski definition) is 1. The van der Waals surface area contributed by atoms with Crippen LogP contribution in [0.5, 0.6) is 0 Å². The number of anilines is 1. The van der Waals surface area contributed by atoms with Crippen LogP contribution in [0.1, 0.15) is 22.6 Å². The molecular formula is C16H14F3N. The fourth-order valence-electron chi connectivity index (χ4n) is 2.65. The summed E-state index contributed by atoms with van der Waals surface area (Å²) in [5.74, 6) is 0.0761. The second-order valence-corrected chi connectivity index (χ2v) is 5.06. The molecule has 20 heavy (non-hydrogen) atoms. The lowest BCUT2D eigenvalue weighted by Crippen LogP contribution is -2.21. The number of alkyl halides is 3. The van der Waals surface area contributed by atoms with Crippen LogP contribution in [-0.2, 0) is 12.6 Å². The zero-order valence-electron chi connectivity index (χ0n) is 10.7. The molecule has 0 saturated heterocycles. The van der Waals surface area contributed by atoms with Gasteiger partial charge in [-0.25, -0.2) is 0 Å². The van der Waals surface area contributed by atoms with E-state index >= 15 is 0 Å². The third-order valence-corrected chi connectivity index (χ3v) is 3.71. The van der Waals surface area contributed by atoms with E-state index in [1.165, 1.54) is 12.1 Å². The number of fused-ring (bicyclic) bond motifs is 1. The highest BCUT2D eigenvalue weighted by molar-refractivity contribution is 5.54. The minimum absolute atomic E-state index is 0.0761. The Bertz CT molecular complexity index is 619. The molecule has 3 rings (SSSR count). The van der Waals surface area contributed by atoms with Gasteiger partial charge in [-0.05, 0) is 29.7 Å². The first-order valence-electron chi connectivity index (χ1n) is 6.53. The molecule has 2 aromatic rings. The van der Waals surface area contributed by atoms with Crippen molar-refractivity contribution in [1.29, 1.82) is 0 Å². The van der Waals surface area contributed by atoms with E-state index in [0.717, 1.165) is 29.3 Å². The predicted octanol–water partition coefficient (Wildman–Crippen LogP) is 4.46. The van der Waals surface area contributed by atoms with Crippen LogP contribution in [0.2, 0.25) is 0 Å². The van der Waals surface area contributed by atoms with E-state index < -0.39 is 11.7 Å². The lowest BCUT2D eigenvalue weighted by molar-refractivity contribution is -0.137. The van der Waals surface area contributed by atoms with E-state index in [2.05, 4.69) is 5.32 Å². The average Bonchev–Trinajstić information content (AvgIpc) is 2.46. The molecule has 1 nitrogen and oxygen atoms in total. The molecule has 1 heterocycles. The summed E-state index contributed by atoms with van der Waals surface area (Å²) in [4.78, 5) is 0. The van der Waals surface area contributed by atoms with Crippen LogP contribution in [0, 0.1) is 0 Å². The molecule has 1 aliphatic heterocycles. The topological polar surface area (TPSA) is 12.0 Å². The normalized spacial score (nSPS) is 18.2. The van der Waals surface area contributed by atoms with Crippen molar-refractivity contribution >= 4 is 5.69 Å². The summed E-state index contributed by atoms with van der Waals surface area (Å²) in [5, 5.41) is 3.29. The van der Waals surface area contributed by atoms with Gasteiger partial charge in [0.15, 0.2) is 0 Å². The second-order valence-electron chi connectivity index (χ2n) is 5.06. The number of hydrogen-bond donors (Lipinski definition) is 1. The Labute approximate surface area is 115 Å². The highest BCUT2D eigenvalue weighted by atomic mass is 19.4. The van der Waals surface area contributed by atoms with E-state index in [1.807, 2.05) is 24.3 Å². The molecule has 0 bridgehead atoms. The second kappa shape index (κ2) is 4.85. The fraction of sp³-hybridized carbons (Fsp3) is 0.250. The summed E-state index contributed by atoms with van der Waals surface area (Å²) in [6.45, 7) is 0.665. The molecule has 4 heteroatoms. The van der Waals surface area contributed by atoms with Crippen molar-refractivity contribution in [2.24, 2.45) is 0 Å². The predicted molar refractivity (Wildman–Crippen MR) is 72.8 cm³/mol. The third-order valence-electron chi connectivity index (χ3n) is 3.71. The van der Waals surface area contributed by atoms with Gasteiger partial charge in [-0.3, -0.25) is 0 Å². The van der Waals surface area contributed by atoms with Gasteiger partial charge in [-0.2, -0.15) is 13.2 Å². The molecular weight excluding hydrogens is 263 g/mol. The maximum absolute atomic E-state index is 12.8. The standard InChI is InChI=1S/C16H14F3N/c17-16(18,19)14-6-3-5-11(9-14)13-8-12-4-1-2-7-15(12)20-10-13/h1-7,9,13,20H,8,10H2. The minimum Gasteiger partial charge on any atom is -0.384 e. The number of halogens is 3. The highest BCUT2D eigenvalue weighted by Crippen LogP contribution is 2.34. The van der Waals surface area contributed by atoms with E-state index in [-0.39, 0.29) is 5.92 Å². The van der Waals surface area contributed by atoms with E-state index in [0.29, 0.717) is 6.54 Å². The van der Waals surface area contributed by atoms with E-state index in [4.69, 9.17) is 0 Å². The molecule has 1 N–H and O–H groups in total. The van der Waals surface area contributed by atoms with E-state index in [9.17, 15) is 13.2 Å². The number of benzene rings is 2. The van der Waals surface area contributed by atoms with Crippen molar-refractivity contribution in [2.45, 2.75) is 18.5 Å². The van der Waals surface area contributed by atoms with Gasteiger partial charge in [0.2, 0.25) is 0 Å². The molecule has 0 fully saturated rings. The average molecular weight is 277 g/mol. The zero-order chi connectivity index (χ0) is 14.2. The quantitative estimate of drug-likeness (QED) is 0.811. The van der Waals surface area contributed by atoms with Crippen molar-refractivity contribution in [3.8, 4) is 0 Å². The molecule has 0 spiro atoms. The maximum Gasteiger partial charge on any atom is 0.416 e. The van der Waals surface area contributed by atoms with Crippen molar-refractivity contribution in [3.05, 3.63) is 65.2 Å². The van der Waals surface area contributed by atoms with Gasteiger partial charge in [-0.1, -0.05) is 36.4 Å². The Balaban J connectivity index is 1.88. The van der Waals surface area contributed by atoms with Crippen LogP contribution in [0.25, 0.3) is 0 Å². The molecule has 104 valence electrons. The minimum atomic E-state index is -4.28. The summed E-state index contributed by atoms with van der Waals surface area (Å²) < 4.78 is 38.3. The number of nitrogens with one attached hydrogen (secondary N) is 1. The van der Waals surface area contributed by atoms with Gasteiger partial charge in [-0.15, -0.1) is 0 Å². The van der Waals surface area contributed by atoms with Crippen molar-refractivity contribution in [3.63, 3.8) is 0 Å². The summed E-state index contributed by atoms with van der Waals surface area (Å²) in [5.41, 5.74) is 2.40. The third kappa shape index (κ3) is 2.50. The smallest absolute Gasteiger partial charge is 0.384 e. The Kier molecular flexibility index (Phi) is 3.16. The fourth-order valence-corrected chi connectivity index (χ4v) is 2.65. The Morgan fingerprint density at radius 1 is 1.00 bits per heavy atom.